The molecule has 0 aromatic carbocycles. The first-order chi connectivity index (χ1) is 7.03. The highest BCUT2D eigenvalue weighted by molar-refractivity contribution is 7.91. The van der Waals surface area contributed by atoms with Gasteiger partial charge in [0.1, 0.15) is 9.84 Å². The van der Waals surface area contributed by atoms with E-state index in [9.17, 15) is 8.42 Å². The van der Waals surface area contributed by atoms with Gasteiger partial charge in [-0.3, -0.25) is 0 Å². The van der Waals surface area contributed by atoms with Crippen LogP contribution in [0.15, 0.2) is 12.7 Å². The molecule has 1 N–H and O–H groups in total. The van der Waals surface area contributed by atoms with Gasteiger partial charge in [-0.15, -0.1) is 6.58 Å². The number of nitrogens with one attached hydrogen (secondary N) is 1. The van der Waals surface area contributed by atoms with Crippen LogP contribution in [0, 0.1) is 0 Å². The molecule has 15 heavy (non-hydrogen) atoms. The predicted octanol–water partition coefficient (Wildman–Crippen LogP) is 1.51. The highest BCUT2D eigenvalue weighted by Crippen LogP contribution is 2.13. The third kappa shape index (κ3) is 4.80. The summed E-state index contributed by atoms with van der Waals surface area (Å²) in [4.78, 5) is 0. The summed E-state index contributed by atoms with van der Waals surface area (Å²) in [6, 6.07) is 0.835. The van der Waals surface area contributed by atoms with Crippen molar-refractivity contribution in [2.45, 2.75) is 44.7 Å². The minimum atomic E-state index is -2.72. The lowest BCUT2D eigenvalue weighted by Crippen LogP contribution is -2.41. The maximum absolute atomic E-state index is 11.2. The van der Waals surface area contributed by atoms with Gasteiger partial charge >= 0.3 is 0 Å². The van der Waals surface area contributed by atoms with Gasteiger partial charge in [0.05, 0.1) is 11.5 Å². The zero-order valence-corrected chi connectivity index (χ0v) is 10.2. The van der Waals surface area contributed by atoms with E-state index in [4.69, 9.17) is 0 Å². The fraction of sp³-hybridized carbons (Fsp3) is 0.818. The first-order valence-electron chi connectivity index (χ1n) is 5.61. The van der Waals surface area contributed by atoms with Crippen molar-refractivity contribution in [3.8, 4) is 0 Å². The van der Waals surface area contributed by atoms with Gasteiger partial charge in [-0.05, 0) is 32.6 Å². The summed E-state index contributed by atoms with van der Waals surface area (Å²) in [7, 11) is -2.72. The highest BCUT2D eigenvalue weighted by Gasteiger charge is 2.23. The van der Waals surface area contributed by atoms with Crippen LogP contribution in [0.2, 0.25) is 0 Å². The molecule has 88 valence electrons. The van der Waals surface area contributed by atoms with E-state index in [1.807, 2.05) is 6.08 Å². The van der Waals surface area contributed by atoms with E-state index in [2.05, 4.69) is 18.8 Å². The van der Waals surface area contributed by atoms with Crippen molar-refractivity contribution in [1.82, 2.24) is 5.32 Å². The Bertz CT molecular complexity index is 284. The Morgan fingerprint density at radius 1 is 1.47 bits per heavy atom. The average Bonchev–Trinajstić information content (AvgIpc) is 2.18. The molecule has 0 radical (unpaired) electrons. The highest BCUT2D eigenvalue weighted by atomic mass is 32.2. The van der Waals surface area contributed by atoms with E-state index in [-0.39, 0.29) is 0 Å². The number of sulfone groups is 1. The SMILES string of the molecule is C=CCCC(C)NC1CCS(=O)(=O)CC1. The third-order valence-electron chi connectivity index (χ3n) is 2.88. The summed E-state index contributed by atoms with van der Waals surface area (Å²) >= 11 is 0. The topological polar surface area (TPSA) is 46.2 Å². The second-order valence-electron chi connectivity index (χ2n) is 4.36. The van der Waals surface area contributed by atoms with Crippen molar-refractivity contribution < 1.29 is 8.42 Å². The molecule has 4 heteroatoms. The first kappa shape index (κ1) is 12.7. The summed E-state index contributed by atoms with van der Waals surface area (Å²) in [6.45, 7) is 5.84. The van der Waals surface area contributed by atoms with Crippen molar-refractivity contribution in [3.05, 3.63) is 12.7 Å². The Balaban J connectivity index is 2.26. The van der Waals surface area contributed by atoms with Crippen LogP contribution in [0.1, 0.15) is 32.6 Å². The fourth-order valence-corrected chi connectivity index (χ4v) is 3.40. The van der Waals surface area contributed by atoms with Gasteiger partial charge in [0, 0.05) is 12.1 Å². The van der Waals surface area contributed by atoms with Crippen LogP contribution in [0.4, 0.5) is 0 Å². The Kier molecular flexibility index (Phi) is 4.80. The smallest absolute Gasteiger partial charge is 0.150 e. The molecule has 0 aromatic rings. The molecule has 0 bridgehead atoms. The lowest BCUT2D eigenvalue weighted by atomic mass is 10.1. The summed E-state index contributed by atoms with van der Waals surface area (Å²) < 4.78 is 22.4. The standard InChI is InChI=1S/C11H21NO2S/c1-3-4-5-10(2)12-11-6-8-15(13,14)9-7-11/h3,10-12H,1,4-9H2,2H3. The van der Waals surface area contributed by atoms with E-state index < -0.39 is 9.84 Å². The minimum absolute atomic E-state index is 0.346. The van der Waals surface area contributed by atoms with Crippen molar-refractivity contribution in [3.63, 3.8) is 0 Å². The largest absolute Gasteiger partial charge is 0.311 e. The summed E-state index contributed by atoms with van der Waals surface area (Å²) in [6.07, 6.45) is 5.54. The molecule has 1 heterocycles. The lowest BCUT2D eigenvalue weighted by molar-refractivity contribution is 0.401. The van der Waals surface area contributed by atoms with Crippen molar-refractivity contribution in [2.24, 2.45) is 0 Å². The molecule has 3 nitrogen and oxygen atoms in total. The van der Waals surface area contributed by atoms with Crippen LogP contribution in [-0.2, 0) is 9.84 Å². The molecular weight excluding hydrogens is 210 g/mol. The summed E-state index contributed by atoms with van der Waals surface area (Å²) in [5, 5.41) is 3.48. The molecule has 0 aliphatic carbocycles. The van der Waals surface area contributed by atoms with Crippen LogP contribution >= 0.6 is 0 Å². The normalized spacial score (nSPS) is 23.5. The molecule has 1 aliphatic rings. The second-order valence-corrected chi connectivity index (χ2v) is 6.66. The van der Waals surface area contributed by atoms with Crippen LogP contribution in [0.5, 0.6) is 0 Å². The molecule has 1 atom stereocenters. The predicted molar refractivity (Wildman–Crippen MR) is 63.7 cm³/mol. The molecule has 1 aliphatic heterocycles. The molecular formula is C11H21NO2S. The Morgan fingerprint density at radius 3 is 2.60 bits per heavy atom. The van der Waals surface area contributed by atoms with Crippen molar-refractivity contribution >= 4 is 9.84 Å². The van der Waals surface area contributed by atoms with Crippen molar-refractivity contribution in [2.75, 3.05) is 11.5 Å². The van der Waals surface area contributed by atoms with Gasteiger partial charge in [0.25, 0.3) is 0 Å². The molecule has 1 rings (SSSR count). The minimum Gasteiger partial charge on any atom is -0.311 e. The Labute approximate surface area is 92.9 Å². The van der Waals surface area contributed by atoms with Crippen LogP contribution < -0.4 is 5.32 Å². The Morgan fingerprint density at radius 2 is 2.07 bits per heavy atom. The van der Waals surface area contributed by atoms with Gasteiger partial charge < -0.3 is 5.32 Å². The summed E-state index contributed by atoms with van der Waals surface area (Å²) in [5.41, 5.74) is 0. The zero-order chi connectivity index (χ0) is 11.3. The molecule has 1 fully saturated rings. The van der Waals surface area contributed by atoms with E-state index in [0.29, 0.717) is 23.6 Å². The van der Waals surface area contributed by atoms with Gasteiger partial charge in [0.15, 0.2) is 0 Å². The second kappa shape index (κ2) is 5.66. The average molecular weight is 231 g/mol. The van der Waals surface area contributed by atoms with Gasteiger partial charge in [-0.2, -0.15) is 0 Å². The Hall–Kier alpha value is -0.350. The van der Waals surface area contributed by atoms with Gasteiger partial charge in [0.2, 0.25) is 0 Å². The van der Waals surface area contributed by atoms with E-state index in [1.165, 1.54) is 0 Å². The van der Waals surface area contributed by atoms with E-state index >= 15 is 0 Å². The number of hydrogen-bond acceptors (Lipinski definition) is 3. The van der Waals surface area contributed by atoms with E-state index in [1.54, 1.807) is 0 Å². The maximum atomic E-state index is 11.2. The maximum Gasteiger partial charge on any atom is 0.150 e. The molecule has 1 unspecified atom stereocenters. The quantitative estimate of drug-likeness (QED) is 0.730. The number of hydrogen-bond donors (Lipinski definition) is 1. The zero-order valence-electron chi connectivity index (χ0n) is 9.41. The molecule has 0 saturated carbocycles. The molecule has 1 saturated heterocycles. The first-order valence-corrected chi connectivity index (χ1v) is 7.43. The van der Waals surface area contributed by atoms with Crippen LogP contribution in [0.25, 0.3) is 0 Å². The molecule has 0 spiro atoms. The molecule has 0 aromatic heterocycles. The fourth-order valence-electron chi connectivity index (χ4n) is 1.91. The molecule has 0 amide bonds. The third-order valence-corrected chi connectivity index (χ3v) is 4.59. The monoisotopic (exact) mass is 231 g/mol. The van der Waals surface area contributed by atoms with Gasteiger partial charge in [-0.25, -0.2) is 8.42 Å². The van der Waals surface area contributed by atoms with Crippen LogP contribution in [-0.4, -0.2) is 32.0 Å². The number of allylic oxidation sites excluding steroid dienone is 1. The van der Waals surface area contributed by atoms with E-state index in [0.717, 1.165) is 25.7 Å². The van der Waals surface area contributed by atoms with Gasteiger partial charge in [-0.1, -0.05) is 6.08 Å². The van der Waals surface area contributed by atoms with Crippen LogP contribution in [0.3, 0.4) is 0 Å². The lowest BCUT2D eigenvalue weighted by Gasteiger charge is -2.26. The number of rotatable bonds is 5. The summed E-state index contributed by atoms with van der Waals surface area (Å²) in [5.74, 6) is 0.692. The van der Waals surface area contributed by atoms with Crippen molar-refractivity contribution in [1.29, 1.82) is 0 Å².